The number of amides is 1. The summed E-state index contributed by atoms with van der Waals surface area (Å²) >= 11 is 0. The van der Waals surface area contributed by atoms with Crippen LogP contribution in [0.25, 0.3) is 0 Å². The summed E-state index contributed by atoms with van der Waals surface area (Å²) < 4.78 is 1.22. The first-order valence-corrected chi connectivity index (χ1v) is 6.18. The van der Waals surface area contributed by atoms with Crippen molar-refractivity contribution in [2.75, 3.05) is 0 Å². The third-order valence-electron chi connectivity index (χ3n) is 3.17. The van der Waals surface area contributed by atoms with E-state index in [1.807, 2.05) is 0 Å². The molecule has 1 heterocycles. The van der Waals surface area contributed by atoms with Gasteiger partial charge in [0.2, 0.25) is 5.91 Å². The Kier molecular flexibility index (Phi) is 4.10. The van der Waals surface area contributed by atoms with E-state index in [1.165, 1.54) is 10.9 Å². The Labute approximate surface area is 110 Å². The first-order chi connectivity index (χ1) is 9.04. The van der Waals surface area contributed by atoms with Crippen LogP contribution in [0.1, 0.15) is 25.0 Å². The lowest BCUT2D eigenvalue weighted by atomic mass is 10.1. The van der Waals surface area contributed by atoms with Gasteiger partial charge in [0.15, 0.2) is 0 Å². The van der Waals surface area contributed by atoms with Gasteiger partial charge in [-0.25, -0.2) is 4.68 Å². The van der Waals surface area contributed by atoms with Crippen molar-refractivity contribution in [3.8, 4) is 0 Å². The summed E-state index contributed by atoms with van der Waals surface area (Å²) in [6, 6.07) is 0.118. The zero-order valence-corrected chi connectivity index (χ0v) is 10.5. The molecule has 1 saturated carbocycles. The second kappa shape index (κ2) is 5.79. The third-order valence-corrected chi connectivity index (χ3v) is 3.17. The molecule has 1 amide bonds. The van der Waals surface area contributed by atoms with Gasteiger partial charge in [-0.3, -0.25) is 9.59 Å². The average Bonchev–Trinajstić information content (AvgIpc) is 2.94. The molecule has 0 spiro atoms. The summed E-state index contributed by atoms with van der Waals surface area (Å²) in [7, 11) is 0. The molecule has 0 aromatic carbocycles. The Morgan fingerprint density at radius 1 is 1.53 bits per heavy atom. The number of aromatic nitrogens is 3. The highest BCUT2D eigenvalue weighted by Gasteiger charge is 2.27. The molecule has 2 unspecified atom stereocenters. The maximum absolute atomic E-state index is 11.8. The number of carboxylic acid groups (broad SMARTS) is 1. The fourth-order valence-electron chi connectivity index (χ4n) is 2.21. The average molecular weight is 267 g/mol. The van der Waals surface area contributed by atoms with Crippen LogP contribution in [0.4, 0.5) is 0 Å². The smallest absolute Gasteiger partial charge is 0.325 e. The maximum Gasteiger partial charge on any atom is 0.325 e. The summed E-state index contributed by atoms with van der Waals surface area (Å²) in [4.78, 5) is 22.3. The number of hydrogen-bond donors (Lipinski definition) is 3. The van der Waals surface area contributed by atoms with E-state index in [-0.39, 0.29) is 31.0 Å². The van der Waals surface area contributed by atoms with Crippen molar-refractivity contribution in [3.05, 3.63) is 11.9 Å². The normalized spacial score (nSPS) is 22.4. The Hall–Kier alpha value is -1.96. The van der Waals surface area contributed by atoms with Gasteiger partial charge in [-0.05, 0) is 19.3 Å². The molecule has 0 saturated heterocycles. The highest BCUT2D eigenvalue weighted by Crippen LogP contribution is 2.24. The highest BCUT2D eigenvalue weighted by atomic mass is 16.4. The largest absolute Gasteiger partial charge is 0.480 e. The number of hydrogen-bond acceptors (Lipinski definition) is 5. The molecule has 1 aliphatic rings. The minimum atomic E-state index is -0.986. The van der Waals surface area contributed by atoms with Crippen LogP contribution in [0.3, 0.4) is 0 Å². The van der Waals surface area contributed by atoms with Crippen LogP contribution in [0, 0.1) is 5.92 Å². The number of aliphatic carboxylic acids is 1. The molecule has 1 aromatic heterocycles. The van der Waals surface area contributed by atoms with Gasteiger partial charge in [0.25, 0.3) is 0 Å². The van der Waals surface area contributed by atoms with E-state index in [2.05, 4.69) is 15.6 Å². The number of nitrogens with zero attached hydrogens (tertiary/aromatic N) is 3. The van der Waals surface area contributed by atoms with Crippen LogP contribution in [0.5, 0.6) is 0 Å². The molecule has 2 atom stereocenters. The van der Waals surface area contributed by atoms with Gasteiger partial charge in [0, 0.05) is 12.0 Å². The van der Waals surface area contributed by atoms with Crippen molar-refractivity contribution in [2.45, 2.75) is 38.4 Å². The third kappa shape index (κ3) is 3.75. The van der Waals surface area contributed by atoms with Gasteiger partial charge in [0.05, 0.1) is 12.7 Å². The molecule has 8 heteroatoms. The van der Waals surface area contributed by atoms with E-state index >= 15 is 0 Å². The molecule has 1 aromatic rings. The van der Waals surface area contributed by atoms with Crippen molar-refractivity contribution in [1.29, 1.82) is 0 Å². The number of rotatable bonds is 5. The summed E-state index contributed by atoms with van der Waals surface area (Å²) in [5, 5.41) is 18.8. The van der Waals surface area contributed by atoms with Gasteiger partial charge in [-0.2, -0.15) is 0 Å². The van der Waals surface area contributed by atoms with Crippen LogP contribution in [-0.4, -0.2) is 38.0 Å². The molecule has 8 nitrogen and oxygen atoms in total. The first kappa shape index (κ1) is 13.5. The van der Waals surface area contributed by atoms with Crippen LogP contribution >= 0.6 is 0 Å². The van der Waals surface area contributed by atoms with E-state index in [0.29, 0.717) is 5.69 Å². The summed E-state index contributed by atoms with van der Waals surface area (Å²) in [6.45, 7) is 0.0165. The lowest BCUT2D eigenvalue weighted by Gasteiger charge is -2.09. The Balaban J connectivity index is 1.80. The SMILES string of the molecule is NC1CCC(C(=O)NCc2cn(CC(=O)O)nn2)C1. The van der Waals surface area contributed by atoms with E-state index in [4.69, 9.17) is 10.8 Å². The number of carbonyl (C=O) groups excluding carboxylic acids is 1. The van der Waals surface area contributed by atoms with Crippen molar-refractivity contribution in [3.63, 3.8) is 0 Å². The predicted octanol–water partition coefficient (Wildman–Crippen LogP) is -0.894. The van der Waals surface area contributed by atoms with Gasteiger partial charge in [-0.15, -0.1) is 5.10 Å². The molecular weight excluding hydrogens is 250 g/mol. The summed E-state index contributed by atoms with van der Waals surface area (Å²) in [5.41, 5.74) is 6.30. The van der Waals surface area contributed by atoms with Gasteiger partial charge >= 0.3 is 5.97 Å². The lowest BCUT2D eigenvalue weighted by Crippen LogP contribution is -2.30. The first-order valence-electron chi connectivity index (χ1n) is 6.18. The van der Waals surface area contributed by atoms with Crippen LogP contribution in [0.2, 0.25) is 0 Å². The molecule has 4 N–H and O–H groups in total. The topological polar surface area (TPSA) is 123 Å². The van der Waals surface area contributed by atoms with Crippen molar-refractivity contribution >= 4 is 11.9 Å². The van der Waals surface area contributed by atoms with Crippen molar-refractivity contribution in [1.82, 2.24) is 20.3 Å². The molecule has 0 aliphatic heterocycles. The van der Waals surface area contributed by atoms with Crippen LogP contribution in [-0.2, 0) is 22.7 Å². The number of nitrogens with one attached hydrogen (secondary N) is 1. The molecule has 19 heavy (non-hydrogen) atoms. The summed E-state index contributed by atoms with van der Waals surface area (Å²) in [6.07, 6.45) is 3.93. The van der Waals surface area contributed by atoms with Crippen LogP contribution in [0.15, 0.2) is 6.20 Å². The van der Waals surface area contributed by atoms with Gasteiger partial charge in [-0.1, -0.05) is 5.21 Å². The minimum Gasteiger partial charge on any atom is -0.480 e. The second-order valence-electron chi connectivity index (χ2n) is 4.79. The van der Waals surface area contributed by atoms with E-state index in [1.54, 1.807) is 0 Å². The van der Waals surface area contributed by atoms with Gasteiger partial charge in [0.1, 0.15) is 12.2 Å². The van der Waals surface area contributed by atoms with E-state index in [0.717, 1.165) is 19.3 Å². The Morgan fingerprint density at radius 3 is 2.95 bits per heavy atom. The number of nitrogens with two attached hydrogens (primary N) is 1. The quantitative estimate of drug-likeness (QED) is 0.635. The number of carbonyl (C=O) groups is 2. The minimum absolute atomic E-state index is 0.0240. The fourth-order valence-corrected chi connectivity index (χ4v) is 2.21. The zero-order chi connectivity index (χ0) is 13.8. The molecule has 2 rings (SSSR count). The van der Waals surface area contributed by atoms with E-state index in [9.17, 15) is 9.59 Å². The maximum atomic E-state index is 11.8. The standard InChI is InChI=1S/C11H17N5O3/c12-8-2-1-7(3-8)11(19)13-4-9-5-16(15-14-9)6-10(17)18/h5,7-8H,1-4,6,12H2,(H,13,19)(H,17,18). The van der Waals surface area contributed by atoms with Crippen molar-refractivity contribution < 1.29 is 14.7 Å². The molecular formula is C11H17N5O3. The molecule has 1 fully saturated rings. The van der Waals surface area contributed by atoms with E-state index < -0.39 is 5.97 Å². The lowest BCUT2D eigenvalue weighted by molar-refractivity contribution is -0.138. The number of carboxylic acids is 1. The zero-order valence-electron chi connectivity index (χ0n) is 10.5. The van der Waals surface area contributed by atoms with Crippen LogP contribution < -0.4 is 11.1 Å². The monoisotopic (exact) mass is 267 g/mol. The van der Waals surface area contributed by atoms with Crippen molar-refractivity contribution in [2.24, 2.45) is 11.7 Å². The summed E-state index contributed by atoms with van der Waals surface area (Å²) in [5.74, 6) is -1.04. The molecule has 0 radical (unpaired) electrons. The molecule has 0 bridgehead atoms. The highest BCUT2D eigenvalue weighted by molar-refractivity contribution is 5.78. The Bertz CT molecular complexity index is 473. The molecule has 104 valence electrons. The van der Waals surface area contributed by atoms with Gasteiger partial charge < -0.3 is 16.2 Å². The fraction of sp³-hybridized carbons (Fsp3) is 0.636. The predicted molar refractivity (Wildman–Crippen MR) is 64.8 cm³/mol. The second-order valence-corrected chi connectivity index (χ2v) is 4.79. The molecule has 1 aliphatic carbocycles. The Morgan fingerprint density at radius 2 is 2.32 bits per heavy atom.